The number of anilines is 1. The molecule has 2 N–H and O–H groups in total. The summed E-state index contributed by atoms with van der Waals surface area (Å²) in [6, 6.07) is 9.49. The molecule has 2 atom stereocenters. The number of carboxylic acids is 1. The van der Waals surface area contributed by atoms with Gasteiger partial charge in [-0.15, -0.1) is 0 Å². The Labute approximate surface area is 132 Å². The molecule has 0 bridgehead atoms. The van der Waals surface area contributed by atoms with Crippen LogP contribution in [0.5, 0.6) is 0 Å². The molecule has 0 saturated heterocycles. The number of amides is 1. The van der Waals surface area contributed by atoms with E-state index in [9.17, 15) is 9.59 Å². The monoisotopic (exact) mass is 315 g/mol. The van der Waals surface area contributed by atoms with Crippen molar-refractivity contribution in [2.75, 3.05) is 5.32 Å². The summed E-state index contributed by atoms with van der Waals surface area (Å²) in [4.78, 5) is 22.9. The van der Waals surface area contributed by atoms with Crippen LogP contribution in [0.2, 0.25) is 0 Å². The molecule has 22 heavy (non-hydrogen) atoms. The smallest absolute Gasteiger partial charge is 0.303 e. The van der Waals surface area contributed by atoms with Gasteiger partial charge in [-0.05, 0) is 58.8 Å². The highest BCUT2D eigenvalue weighted by Gasteiger charge is 2.44. The highest BCUT2D eigenvalue weighted by molar-refractivity contribution is 7.08. The summed E-state index contributed by atoms with van der Waals surface area (Å²) in [5.41, 5.74) is 2.91. The predicted octanol–water partition coefficient (Wildman–Crippen LogP) is 3.51. The summed E-state index contributed by atoms with van der Waals surface area (Å²) in [7, 11) is 0. The zero-order valence-corrected chi connectivity index (χ0v) is 12.8. The quantitative estimate of drug-likeness (QED) is 0.857. The molecule has 3 rings (SSSR count). The Hall–Kier alpha value is -2.14. The maximum atomic E-state index is 12.3. The third kappa shape index (κ3) is 3.54. The second kappa shape index (κ2) is 6.32. The van der Waals surface area contributed by atoms with Crippen molar-refractivity contribution < 1.29 is 14.7 Å². The maximum Gasteiger partial charge on any atom is 0.303 e. The van der Waals surface area contributed by atoms with E-state index >= 15 is 0 Å². The standard InChI is InChI=1S/C17H17NO3S/c19-16(20)5-4-11-2-1-3-13(8-11)18-17(21)15-9-14(15)12-6-7-22-10-12/h1-3,6-8,10,14-15H,4-5,9H2,(H,18,21)(H,19,20)/t14-,15+/m0/s1. The van der Waals surface area contributed by atoms with Crippen LogP contribution in [-0.2, 0) is 16.0 Å². The molecular formula is C17H17NO3S. The van der Waals surface area contributed by atoms with Crippen LogP contribution in [0.1, 0.15) is 29.9 Å². The lowest BCUT2D eigenvalue weighted by molar-refractivity contribution is -0.137. The molecule has 5 heteroatoms. The van der Waals surface area contributed by atoms with Crippen molar-refractivity contribution in [2.45, 2.75) is 25.2 Å². The Bertz CT molecular complexity index is 681. The van der Waals surface area contributed by atoms with E-state index in [0.29, 0.717) is 12.3 Å². The van der Waals surface area contributed by atoms with Gasteiger partial charge >= 0.3 is 5.97 Å². The third-order valence-electron chi connectivity index (χ3n) is 3.92. The molecule has 0 radical (unpaired) electrons. The van der Waals surface area contributed by atoms with Crippen LogP contribution >= 0.6 is 11.3 Å². The lowest BCUT2D eigenvalue weighted by Crippen LogP contribution is -2.14. The summed E-state index contributed by atoms with van der Waals surface area (Å²) in [5.74, 6) is -0.365. The summed E-state index contributed by atoms with van der Waals surface area (Å²) in [6.45, 7) is 0. The summed E-state index contributed by atoms with van der Waals surface area (Å²) in [5, 5.41) is 15.8. The van der Waals surface area contributed by atoms with Gasteiger partial charge in [-0.1, -0.05) is 12.1 Å². The largest absolute Gasteiger partial charge is 0.481 e. The number of hydrogen-bond acceptors (Lipinski definition) is 3. The number of nitrogens with one attached hydrogen (secondary N) is 1. The van der Waals surface area contributed by atoms with E-state index in [1.165, 1.54) is 5.56 Å². The molecule has 1 fully saturated rings. The van der Waals surface area contributed by atoms with Crippen LogP contribution < -0.4 is 5.32 Å². The fourth-order valence-electron chi connectivity index (χ4n) is 2.63. The van der Waals surface area contributed by atoms with Crippen molar-refractivity contribution in [3.8, 4) is 0 Å². The lowest BCUT2D eigenvalue weighted by Gasteiger charge is -2.07. The van der Waals surface area contributed by atoms with Crippen molar-refractivity contribution in [1.29, 1.82) is 0 Å². The Morgan fingerprint density at radius 3 is 2.91 bits per heavy atom. The van der Waals surface area contributed by atoms with Crippen molar-refractivity contribution >= 4 is 28.9 Å². The molecular weight excluding hydrogens is 298 g/mol. The number of hydrogen-bond donors (Lipinski definition) is 2. The Kier molecular flexibility index (Phi) is 4.24. The van der Waals surface area contributed by atoms with Gasteiger partial charge in [0.2, 0.25) is 5.91 Å². The van der Waals surface area contributed by atoms with E-state index in [2.05, 4.69) is 16.8 Å². The van der Waals surface area contributed by atoms with Gasteiger partial charge in [-0.2, -0.15) is 11.3 Å². The zero-order chi connectivity index (χ0) is 15.5. The van der Waals surface area contributed by atoms with Crippen molar-refractivity contribution in [3.63, 3.8) is 0 Å². The Morgan fingerprint density at radius 1 is 1.32 bits per heavy atom. The van der Waals surface area contributed by atoms with Gasteiger partial charge in [0.15, 0.2) is 0 Å². The first-order valence-corrected chi connectivity index (χ1v) is 8.21. The molecule has 0 aliphatic heterocycles. The van der Waals surface area contributed by atoms with Gasteiger partial charge in [0, 0.05) is 18.0 Å². The first-order valence-electron chi connectivity index (χ1n) is 7.27. The minimum Gasteiger partial charge on any atom is -0.481 e. The van der Waals surface area contributed by atoms with E-state index in [1.807, 2.05) is 29.6 Å². The highest BCUT2D eigenvalue weighted by atomic mass is 32.1. The van der Waals surface area contributed by atoms with E-state index in [0.717, 1.165) is 17.7 Å². The summed E-state index contributed by atoms with van der Waals surface area (Å²) >= 11 is 1.66. The SMILES string of the molecule is O=C(O)CCc1cccc(NC(=O)[C@@H]2C[C@H]2c2ccsc2)c1. The fraction of sp³-hybridized carbons (Fsp3) is 0.294. The van der Waals surface area contributed by atoms with Gasteiger partial charge < -0.3 is 10.4 Å². The minimum atomic E-state index is -0.814. The Balaban J connectivity index is 1.58. The number of rotatable bonds is 6. The second-order valence-corrected chi connectivity index (χ2v) is 6.37. The first kappa shape index (κ1) is 14.8. The van der Waals surface area contributed by atoms with Crippen molar-refractivity contribution in [2.24, 2.45) is 5.92 Å². The van der Waals surface area contributed by atoms with Crippen LogP contribution in [0.3, 0.4) is 0 Å². The summed E-state index contributed by atoms with van der Waals surface area (Å²) < 4.78 is 0. The molecule has 2 aromatic rings. The number of carbonyl (C=O) groups is 2. The molecule has 1 aromatic heterocycles. The van der Waals surface area contributed by atoms with Crippen LogP contribution in [-0.4, -0.2) is 17.0 Å². The normalized spacial score (nSPS) is 19.6. The van der Waals surface area contributed by atoms with Gasteiger partial charge in [0.1, 0.15) is 0 Å². The molecule has 1 aliphatic carbocycles. The highest BCUT2D eigenvalue weighted by Crippen LogP contribution is 2.48. The van der Waals surface area contributed by atoms with E-state index < -0.39 is 5.97 Å². The second-order valence-electron chi connectivity index (χ2n) is 5.59. The third-order valence-corrected chi connectivity index (χ3v) is 4.62. The molecule has 1 saturated carbocycles. The zero-order valence-electron chi connectivity index (χ0n) is 12.0. The Morgan fingerprint density at radius 2 is 2.18 bits per heavy atom. The summed E-state index contributed by atoms with van der Waals surface area (Å²) in [6.07, 6.45) is 1.47. The van der Waals surface area contributed by atoms with Crippen molar-refractivity contribution in [3.05, 3.63) is 52.2 Å². The molecule has 1 heterocycles. The molecule has 1 amide bonds. The van der Waals surface area contributed by atoms with Crippen LogP contribution in [0.15, 0.2) is 41.1 Å². The lowest BCUT2D eigenvalue weighted by atomic mass is 10.1. The minimum absolute atomic E-state index is 0.0478. The number of benzene rings is 1. The van der Waals surface area contributed by atoms with Crippen LogP contribution in [0.4, 0.5) is 5.69 Å². The number of carboxylic acid groups (broad SMARTS) is 1. The van der Waals surface area contributed by atoms with E-state index in [4.69, 9.17) is 5.11 Å². The van der Waals surface area contributed by atoms with Gasteiger partial charge in [-0.3, -0.25) is 9.59 Å². The van der Waals surface area contributed by atoms with E-state index in [1.54, 1.807) is 11.3 Å². The molecule has 4 nitrogen and oxygen atoms in total. The molecule has 1 aromatic carbocycles. The number of aliphatic carboxylic acids is 1. The van der Waals surface area contributed by atoms with Gasteiger partial charge in [0.25, 0.3) is 0 Å². The molecule has 0 spiro atoms. The number of thiophene rings is 1. The van der Waals surface area contributed by atoms with Crippen LogP contribution in [0, 0.1) is 5.92 Å². The fourth-order valence-corrected chi connectivity index (χ4v) is 3.35. The number of carbonyl (C=O) groups excluding carboxylic acids is 1. The average molecular weight is 315 g/mol. The van der Waals surface area contributed by atoms with Gasteiger partial charge in [0.05, 0.1) is 0 Å². The molecule has 114 valence electrons. The van der Waals surface area contributed by atoms with E-state index in [-0.39, 0.29) is 18.2 Å². The predicted molar refractivity (Wildman–Crippen MR) is 86.2 cm³/mol. The topological polar surface area (TPSA) is 66.4 Å². The number of aryl methyl sites for hydroxylation is 1. The van der Waals surface area contributed by atoms with Crippen molar-refractivity contribution in [1.82, 2.24) is 0 Å². The molecule has 1 aliphatic rings. The first-order chi connectivity index (χ1) is 10.6. The maximum absolute atomic E-state index is 12.3. The average Bonchev–Trinajstić information content (AvgIpc) is 3.12. The molecule has 0 unspecified atom stereocenters. The van der Waals surface area contributed by atoms with Gasteiger partial charge in [-0.25, -0.2) is 0 Å². The van der Waals surface area contributed by atoms with Crippen LogP contribution in [0.25, 0.3) is 0 Å².